The van der Waals surface area contributed by atoms with Gasteiger partial charge in [-0.3, -0.25) is 9.78 Å². The molecule has 0 aliphatic carbocycles. The molecule has 1 fully saturated rings. The largest absolute Gasteiger partial charge is 0.368 e. The van der Waals surface area contributed by atoms with Crippen molar-refractivity contribution < 1.29 is 4.79 Å². The van der Waals surface area contributed by atoms with Gasteiger partial charge in [-0.25, -0.2) is 9.97 Å². The van der Waals surface area contributed by atoms with Gasteiger partial charge in [-0.05, 0) is 31.4 Å². The smallest absolute Gasteiger partial charge is 0.220 e. The van der Waals surface area contributed by atoms with Gasteiger partial charge >= 0.3 is 0 Å². The summed E-state index contributed by atoms with van der Waals surface area (Å²) < 4.78 is 0. The predicted octanol–water partition coefficient (Wildman–Crippen LogP) is 1.93. The average molecular weight is 325 g/mol. The Labute approximate surface area is 142 Å². The number of anilines is 1. The summed E-state index contributed by atoms with van der Waals surface area (Å²) in [5, 5.41) is 2.65. The van der Waals surface area contributed by atoms with Crippen molar-refractivity contribution in [3.05, 3.63) is 48.3 Å². The highest BCUT2D eigenvalue weighted by Gasteiger charge is 2.23. The minimum atomic E-state index is 0.0510. The van der Waals surface area contributed by atoms with Crippen molar-refractivity contribution in [2.45, 2.75) is 31.6 Å². The highest BCUT2D eigenvalue weighted by Crippen LogP contribution is 2.28. The van der Waals surface area contributed by atoms with Crippen LogP contribution in [0, 0.1) is 0 Å². The van der Waals surface area contributed by atoms with Crippen molar-refractivity contribution in [3.63, 3.8) is 0 Å². The Balaban J connectivity index is 1.68. The Kier molecular flexibility index (Phi) is 5.36. The third-order valence-corrected chi connectivity index (χ3v) is 4.47. The molecule has 1 atom stereocenters. The number of hydrogen-bond donors (Lipinski definition) is 1. The summed E-state index contributed by atoms with van der Waals surface area (Å²) in [5.41, 5.74) is 3.17. The van der Waals surface area contributed by atoms with Gasteiger partial charge in [0.05, 0.1) is 18.1 Å². The Morgan fingerprint density at radius 3 is 2.96 bits per heavy atom. The maximum atomic E-state index is 11.4. The fraction of sp³-hybridized carbons (Fsp3) is 0.444. The van der Waals surface area contributed by atoms with E-state index < -0.39 is 0 Å². The molecular weight excluding hydrogens is 302 g/mol. The number of amides is 1. The van der Waals surface area contributed by atoms with Crippen LogP contribution in [0.15, 0.2) is 36.9 Å². The zero-order valence-corrected chi connectivity index (χ0v) is 14.0. The van der Waals surface area contributed by atoms with Gasteiger partial charge in [-0.15, -0.1) is 0 Å². The molecule has 2 aromatic rings. The number of carbonyl (C=O) groups is 1. The van der Waals surface area contributed by atoms with E-state index in [-0.39, 0.29) is 5.91 Å². The van der Waals surface area contributed by atoms with Gasteiger partial charge < -0.3 is 10.2 Å². The van der Waals surface area contributed by atoms with Gasteiger partial charge in [0, 0.05) is 43.9 Å². The molecule has 6 heteroatoms. The highest BCUT2D eigenvalue weighted by molar-refractivity contribution is 5.75. The van der Waals surface area contributed by atoms with Crippen LogP contribution >= 0.6 is 0 Å². The van der Waals surface area contributed by atoms with Crippen LogP contribution in [-0.2, 0) is 11.2 Å². The van der Waals surface area contributed by atoms with Crippen LogP contribution in [0.4, 0.5) is 5.69 Å². The number of rotatable bonds is 5. The van der Waals surface area contributed by atoms with Crippen molar-refractivity contribution in [1.29, 1.82) is 0 Å². The second-order valence-electron chi connectivity index (χ2n) is 6.11. The van der Waals surface area contributed by atoms with Gasteiger partial charge in [0.15, 0.2) is 0 Å². The first-order chi connectivity index (χ1) is 11.8. The molecule has 0 spiro atoms. The summed E-state index contributed by atoms with van der Waals surface area (Å²) in [6, 6.07) is 6.14. The summed E-state index contributed by atoms with van der Waals surface area (Å²) in [5.74, 6) is 0.453. The summed E-state index contributed by atoms with van der Waals surface area (Å²) in [6.45, 7) is 1.96. The lowest BCUT2D eigenvalue weighted by Gasteiger charge is -2.33. The van der Waals surface area contributed by atoms with E-state index in [1.807, 2.05) is 24.5 Å². The average Bonchev–Trinajstić information content (AvgIpc) is 2.67. The van der Waals surface area contributed by atoms with E-state index in [9.17, 15) is 4.79 Å². The summed E-state index contributed by atoms with van der Waals surface area (Å²) in [4.78, 5) is 26.8. The molecule has 0 aromatic carbocycles. The Hall–Kier alpha value is -2.50. The minimum absolute atomic E-state index is 0.0510. The molecule has 1 unspecified atom stereocenters. The molecule has 1 N–H and O–H groups in total. The molecule has 6 nitrogen and oxygen atoms in total. The molecule has 1 amide bonds. The molecule has 126 valence electrons. The number of pyridine rings is 1. The highest BCUT2D eigenvalue weighted by atomic mass is 16.1. The van der Waals surface area contributed by atoms with Crippen molar-refractivity contribution in [3.8, 4) is 0 Å². The first-order valence-electron chi connectivity index (χ1n) is 8.42. The van der Waals surface area contributed by atoms with E-state index in [4.69, 9.17) is 4.98 Å². The molecule has 0 radical (unpaired) electrons. The molecule has 1 aliphatic heterocycles. The maximum Gasteiger partial charge on any atom is 0.220 e. The van der Waals surface area contributed by atoms with E-state index in [2.05, 4.69) is 26.3 Å². The molecule has 2 aromatic heterocycles. The number of aromatic nitrogens is 3. The minimum Gasteiger partial charge on any atom is -0.368 e. The summed E-state index contributed by atoms with van der Waals surface area (Å²) >= 11 is 0. The third-order valence-electron chi connectivity index (χ3n) is 4.47. The predicted molar refractivity (Wildman–Crippen MR) is 92.8 cm³/mol. The molecule has 0 bridgehead atoms. The quantitative estimate of drug-likeness (QED) is 0.909. The topological polar surface area (TPSA) is 71.0 Å². The number of piperidine rings is 1. The van der Waals surface area contributed by atoms with Gasteiger partial charge in [-0.1, -0.05) is 6.07 Å². The normalized spacial score (nSPS) is 17.5. The number of hydrogen-bond acceptors (Lipinski definition) is 5. The molecule has 3 rings (SSSR count). The monoisotopic (exact) mass is 325 g/mol. The molecular formula is C18H23N5O. The maximum absolute atomic E-state index is 11.4. The Bertz CT molecular complexity index is 676. The van der Waals surface area contributed by atoms with Crippen LogP contribution in [0.25, 0.3) is 0 Å². The SMILES string of the molecule is CNC(=O)CCc1cccc(C2CCCN(c3cncnc3)C2)n1. The van der Waals surface area contributed by atoms with Crippen molar-refractivity contribution in [2.24, 2.45) is 0 Å². The Morgan fingerprint density at radius 2 is 2.17 bits per heavy atom. The molecule has 0 saturated carbocycles. The van der Waals surface area contributed by atoms with Gasteiger partial charge in [0.25, 0.3) is 0 Å². The van der Waals surface area contributed by atoms with Gasteiger partial charge in [-0.2, -0.15) is 0 Å². The van der Waals surface area contributed by atoms with E-state index in [0.717, 1.165) is 43.0 Å². The van der Waals surface area contributed by atoms with Crippen LogP contribution in [0.5, 0.6) is 0 Å². The van der Waals surface area contributed by atoms with Gasteiger partial charge in [0.2, 0.25) is 5.91 Å². The molecule has 3 heterocycles. The van der Waals surface area contributed by atoms with E-state index in [0.29, 0.717) is 18.8 Å². The number of aryl methyl sites for hydroxylation is 1. The second kappa shape index (κ2) is 7.86. The molecule has 1 saturated heterocycles. The number of nitrogens with one attached hydrogen (secondary N) is 1. The Morgan fingerprint density at radius 1 is 1.33 bits per heavy atom. The lowest BCUT2D eigenvalue weighted by molar-refractivity contribution is -0.120. The van der Waals surface area contributed by atoms with Crippen molar-refractivity contribution in [1.82, 2.24) is 20.3 Å². The van der Waals surface area contributed by atoms with Crippen LogP contribution < -0.4 is 10.2 Å². The first-order valence-corrected chi connectivity index (χ1v) is 8.42. The van der Waals surface area contributed by atoms with Crippen LogP contribution in [0.1, 0.15) is 36.6 Å². The lowest BCUT2D eigenvalue weighted by atomic mass is 9.93. The second-order valence-corrected chi connectivity index (χ2v) is 6.11. The van der Waals surface area contributed by atoms with E-state index in [1.54, 1.807) is 13.4 Å². The fourth-order valence-electron chi connectivity index (χ4n) is 3.14. The molecule has 1 aliphatic rings. The van der Waals surface area contributed by atoms with Crippen LogP contribution in [-0.4, -0.2) is 41.0 Å². The summed E-state index contributed by atoms with van der Waals surface area (Å²) in [6.07, 6.45) is 8.70. The first kappa shape index (κ1) is 16.4. The zero-order chi connectivity index (χ0) is 16.8. The summed E-state index contributed by atoms with van der Waals surface area (Å²) in [7, 11) is 1.66. The van der Waals surface area contributed by atoms with Crippen molar-refractivity contribution in [2.75, 3.05) is 25.0 Å². The number of carbonyl (C=O) groups excluding carboxylic acids is 1. The third kappa shape index (κ3) is 4.07. The number of nitrogens with zero attached hydrogens (tertiary/aromatic N) is 4. The van der Waals surface area contributed by atoms with Crippen molar-refractivity contribution >= 4 is 11.6 Å². The lowest BCUT2D eigenvalue weighted by Crippen LogP contribution is -2.34. The van der Waals surface area contributed by atoms with Crippen LogP contribution in [0.2, 0.25) is 0 Å². The van der Waals surface area contributed by atoms with E-state index >= 15 is 0 Å². The molecule has 24 heavy (non-hydrogen) atoms. The zero-order valence-electron chi connectivity index (χ0n) is 14.0. The fourth-order valence-corrected chi connectivity index (χ4v) is 3.14. The standard InChI is InChI=1S/C18H23N5O/c1-19-18(24)8-7-15-5-2-6-17(22-15)14-4-3-9-23(12-14)16-10-20-13-21-11-16/h2,5-6,10-11,13-14H,3-4,7-9,12H2,1H3,(H,19,24). The van der Waals surface area contributed by atoms with Gasteiger partial charge in [0.1, 0.15) is 6.33 Å². The van der Waals surface area contributed by atoms with Crippen LogP contribution in [0.3, 0.4) is 0 Å². The van der Waals surface area contributed by atoms with E-state index in [1.165, 1.54) is 0 Å².